The number of hydrogen-bond donors (Lipinski definition) is 2. The lowest BCUT2D eigenvalue weighted by molar-refractivity contribution is 0.0601. The summed E-state index contributed by atoms with van der Waals surface area (Å²) in [6.07, 6.45) is 1.49. The van der Waals surface area contributed by atoms with Crippen molar-refractivity contribution in [3.8, 4) is 11.3 Å². The fraction of sp³-hybridized carbons (Fsp3) is 0.133. The molecule has 6 nitrogen and oxygen atoms in total. The summed E-state index contributed by atoms with van der Waals surface area (Å²) in [5, 5.41) is 7.06. The number of hydrazone groups is 1. The van der Waals surface area contributed by atoms with Gasteiger partial charge in [0.15, 0.2) is 5.11 Å². The van der Waals surface area contributed by atoms with E-state index in [4.69, 9.17) is 21.4 Å². The minimum Gasteiger partial charge on any atom is -0.465 e. The lowest BCUT2D eigenvalue weighted by Gasteiger charge is -2.04. The Kier molecular flexibility index (Phi) is 5.26. The second-order valence-electron chi connectivity index (χ2n) is 4.19. The molecule has 2 N–H and O–H groups in total. The van der Waals surface area contributed by atoms with Crippen LogP contribution in [0, 0.1) is 0 Å². The maximum atomic E-state index is 11.8. The number of rotatable bonds is 4. The van der Waals surface area contributed by atoms with Crippen molar-refractivity contribution in [2.24, 2.45) is 5.10 Å². The van der Waals surface area contributed by atoms with E-state index in [0.717, 1.165) is 0 Å². The summed E-state index contributed by atoms with van der Waals surface area (Å²) in [6.45, 7) is 0. The lowest BCUT2D eigenvalue weighted by Crippen LogP contribution is -2.28. The fourth-order valence-corrected chi connectivity index (χ4v) is 1.82. The number of nitrogens with zero attached hydrogens (tertiary/aromatic N) is 1. The van der Waals surface area contributed by atoms with Gasteiger partial charge in [0, 0.05) is 12.6 Å². The standard InChI is InChI=1S/C15H15N3O3S/c1-16-15(22)18-17-9-10-7-8-13(21-10)11-5-3-4-6-12(11)14(19)20-2/h3-9H,1-2H3,(H2,16,18,22)/b17-9+. The molecule has 0 atom stereocenters. The Balaban J connectivity index is 2.22. The summed E-state index contributed by atoms with van der Waals surface area (Å²) in [5.74, 6) is 0.669. The van der Waals surface area contributed by atoms with E-state index in [9.17, 15) is 4.79 Å². The molecule has 2 aromatic rings. The predicted octanol–water partition coefficient (Wildman–Crippen LogP) is 2.16. The average Bonchev–Trinajstić information content (AvgIpc) is 3.02. The molecule has 0 amide bonds. The minimum atomic E-state index is -0.414. The molecule has 1 heterocycles. The Morgan fingerprint density at radius 2 is 2.09 bits per heavy atom. The zero-order valence-corrected chi connectivity index (χ0v) is 12.9. The van der Waals surface area contributed by atoms with Crippen molar-refractivity contribution >= 4 is 29.5 Å². The highest BCUT2D eigenvalue weighted by molar-refractivity contribution is 7.80. The first-order valence-electron chi connectivity index (χ1n) is 6.44. The van der Waals surface area contributed by atoms with Crippen LogP contribution in [-0.4, -0.2) is 31.5 Å². The number of furan rings is 1. The van der Waals surface area contributed by atoms with Gasteiger partial charge >= 0.3 is 5.97 Å². The molecule has 0 saturated heterocycles. The Labute approximate surface area is 133 Å². The molecule has 0 aliphatic heterocycles. The number of esters is 1. The molecule has 1 aromatic carbocycles. The van der Waals surface area contributed by atoms with Crippen LogP contribution < -0.4 is 10.7 Å². The number of carbonyl (C=O) groups is 1. The second-order valence-corrected chi connectivity index (χ2v) is 4.60. The van der Waals surface area contributed by atoms with Crippen molar-refractivity contribution in [3.05, 3.63) is 47.7 Å². The van der Waals surface area contributed by atoms with Crippen LogP contribution in [0.25, 0.3) is 11.3 Å². The molecule has 1 aromatic heterocycles. The van der Waals surface area contributed by atoms with E-state index in [1.54, 1.807) is 37.4 Å². The molecule has 0 bridgehead atoms. The molecule has 0 spiro atoms. The Bertz CT molecular complexity index is 710. The van der Waals surface area contributed by atoms with Crippen molar-refractivity contribution in [2.75, 3.05) is 14.2 Å². The van der Waals surface area contributed by atoms with Gasteiger partial charge in [0.1, 0.15) is 11.5 Å². The first-order valence-corrected chi connectivity index (χ1v) is 6.85. The van der Waals surface area contributed by atoms with Crippen molar-refractivity contribution in [2.45, 2.75) is 0 Å². The van der Waals surface area contributed by atoms with Crippen molar-refractivity contribution in [1.82, 2.24) is 10.7 Å². The number of thiocarbonyl (C=S) groups is 1. The first kappa shape index (κ1) is 15.7. The van der Waals surface area contributed by atoms with Crippen molar-refractivity contribution in [3.63, 3.8) is 0 Å². The van der Waals surface area contributed by atoms with Crippen molar-refractivity contribution < 1.29 is 13.9 Å². The second kappa shape index (κ2) is 7.37. The van der Waals surface area contributed by atoms with E-state index in [0.29, 0.717) is 27.8 Å². The molecule has 0 radical (unpaired) electrons. The first-order chi connectivity index (χ1) is 10.7. The van der Waals surface area contributed by atoms with Crippen LogP contribution in [0.4, 0.5) is 0 Å². The van der Waals surface area contributed by atoms with Crippen LogP contribution in [0.15, 0.2) is 45.9 Å². The van der Waals surface area contributed by atoms with Crippen LogP contribution in [0.1, 0.15) is 16.1 Å². The summed E-state index contributed by atoms with van der Waals surface area (Å²) in [6, 6.07) is 10.6. The molecule has 0 aliphatic carbocycles. The number of hydrogen-bond acceptors (Lipinski definition) is 5. The highest BCUT2D eigenvalue weighted by atomic mass is 32.1. The van der Waals surface area contributed by atoms with E-state index < -0.39 is 5.97 Å². The van der Waals surface area contributed by atoms with E-state index in [-0.39, 0.29) is 0 Å². The zero-order valence-electron chi connectivity index (χ0n) is 12.1. The van der Waals surface area contributed by atoms with Gasteiger partial charge in [0.25, 0.3) is 0 Å². The maximum Gasteiger partial charge on any atom is 0.338 e. The summed E-state index contributed by atoms with van der Waals surface area (Å²) in [4.78, 5) is 11.8. The third-order valence-electron chi connectivity index (χ3n) is 2.81. The quantitative estimate of drug-likeness (QED) is 0.389. The van der Waals surface area contributed by atoms with E-state index in [1.165, 1.54) is 13.3 Å². The Hall–Kier alpha value is -2.67. The number of ether oxygens (including phenoxy) is 1. The van der Waals surface area contributed by atoms with Gasteiger partial charge < -0.3 is 14.5 Å². The molecule has 0 fully saturated rings. The molecule has 2 rings (SSSR count). The van der Waals surface area contributed by atoms with Gasteiger partial charge in [0.05, 0.1) is 18.9 Å². The van der Waals surface area contributed by atoms with E-state index >= 15 is 0 Å². The largest absolute Gasteiger partial charge is 0.465 e. The van der Waals surface area contributed by atoms with Crippen LogP contribution in [0.5, 0.6) is 0 Å². The smallest absolute Gasteiger partial charge is 0.338 e. The van der Waals surface area contributed by atoms with Crippen LogP contribution in [0.3, 0.4) is 0 Å². The molecule has 7 heteroatoms. The number of nitrogens with one attached hydrogen (secondary N) is 2. The molecular formula is C15H15N3O3S. The minimum absolute atomic E-state index is 0.402. The summed E-state index contributed by atoms with van der Waals surface area (Å²) < 4.78 is 10.4. The molecule has 0 aliphatic rings. The highest BCUT2D eigenvalue weighted by Gasteiger charge is 2.14. The molecule has 0 unspecified atom stereocenters. The lowest BCUT2D eigenvalue weighted by atomic mass is 10.1. The molecule has 22 heavy (non-hydrogen) atoms. The van der Waals surface area contributed by atoms with Gasteiger partial charge in [0.2, 0.25) is 0 Å². The summed E-state index contributed by atoms with van der Waals surface area (Å²) in [5.41, 5.74) is 3.73. The van der Waals surface area contributed by atoms with E-state index in [2.05, 4.69) is 15.8 Å². The van der Waals surface area contributed by atoms with Gasteiger partial charge in [-0.3, -0.25) is 5.43 Å². The van der Waals surface area contributed by atoms with Gasteiger partial charge in [-0.25, -0.2) is 4.79 Å². The molecule has 0 saturated carbocycles. The fourth-order valence-electron chi connectivity index (χ4n) is 1.76. The van der Waals surface area contributed by atoms with Crippen molar-refractivity contribution in [1.29, 1.82) is 0 Å². The molecule has 114 valence electrons. The van der Waals surface area contributed by atoms with Gasteiger partial charge in [-0.2, -0.15) is 5.10 Å². The topological polar surface area (TPSA) is 75.9 Å². The number of benzene rings is 1. The highest BCUT2D eigenvalue weighted by Crippen LogP contribution is 2.25. The Morgan fingerprint density at radius 3 is 2.82 bits per heavy atom. The third kappa shape index (κ3) is 3.70. The molecular weight excluding hydrogens is 302 g/mol. The average molecular weight is 317 g/mol. The van der Waals surface area contributed by atoms with Crippen LogP contribution in [-0.2, 0) is 4.74 Å². The predicted molar refractivity (Wildman–Crippen MR) is 87.9 cm³/mol. The Morgan fingerprint density at radius 1 is 1.32 bits per heavy atom. The van der Waals surface area contributed by atoms with Gasteiger partial charge in [-0.15, -0.1) is 0 Å². The van der Waals surface area contributed by atoms with Gasteiger partial charge in [-0.1, -0.05) is 18.2 Å². The van der Waals surface area contributed by atoms with Gasteiger partial charge in [-0.05, 0) is 30.4 Å². The maximum absolute atomic E-state index is 11.8. The van der Waals surface area contributed by atoms with E-state index in [1.807, 2.05) is 6.07 Å². The number of carbonyl (C=O) groups excluding carboxylic acids is 1. The summed E-state index contributed by atoms with van der Waals surface area (Å²) >= 11 is 4.89. The van der Waals surface area contributed by atoms with Crippen LogP contribution in [0.2, 0.25) is 0 Å². The number of methoxy groups -OCH3 is 1. The monoisotopic (exact) mass is 317 g/mol. The SMILES string of the molecule is CNC(=S)N/N=C/c1ccc(-c2ccccc2C(=O)OC)o1. The summed E-state index contributed by atoms with van der Waals surface area (Å²) in [7, 11) is 3.04. The van der Waals surface area contributed by atoms with Crippen LogP contribution >= 0.6 is 12.2 Å². The zero-order chi connectivity index (χ0) is 15.9. The third-order valence-corrected chi connectivity index (χ3v) is 3.10. The normalized spacial score (nSPS) is 10.5.